The predicted octanol–water partition coefficient (Wildman–Crippen LogP) is 3.30. The average molecular weight is 326 g/mol. The van der Waals surface area contributed by atoms with Gasteiger partial charge in [-0.25, -0.2) is 4.68 Å². The lowest BCUT2D eigenvalue weighted by atomic mass is 10.2. The largest absolute Gasteiger partial charge is 0.323 e. The number of carbonyl (C=O) groups excluding carboxylic acids is 1. The molecule has 128 valence electrons. The zero-order chi connectivity index (χ0) is 17.1. The highest BCUT2D eigenvalue weighted by Gasteiger charge is 2.27. The molecule has 0 radical (unpaired) electrons. The van der Waals surface area contributed by atoms with Crippen LogP contribution in [0.2, 0.25) is 0 Å². The molecule has 1 saturated carbocycles. The number of hydrogen-bond donors (Lipinski definition) is 1. The lowest BCUT2D eigenvalue weighted by Gasteiger charge is -2.19. The Morgan fingerprint density at radius 2 is 2.00 bits per heavy atom. The number of aromatic nitrogens is 2. The third kappa shape index (κ3) is 3.67. The molecule has 0 spiro atoms. The standard InChI is InChI=1S/C19H26N4O/c1-4-22(16-10-11-16)13-12-18(24)20-19-14(2)21-23(15(19)3)17-8-6-5-7-9-17/h5-9,16H,4,10-13H2,1-3H3,(H,20,24). The highest BCUT2D eigenvalue weighted by molar-refractivity contribution is 5.92. The van der Waals surface area contributed by atoms with Crippen LogP contribution in [0, 0.1) is 13.8 Å². The molecule has 0 unspecified atom stereocenters. The van der Waals surface area contributed by atoms with Crippen LogP contribution in [0.5, 0.6) is 0 Å². The fraction of sp³-hybridized carbons (Fsp3) is 0.474. The molecule has 1 aliphatic rings. The maximum Gasteiger partial charge on any atom is 0.225 e. The van der Waals surface area contributed by atoms with Gasteiger partial charge in [-0.05, 0) is 45.4 Å². The average Bonchev–Trinajstić information content (AvgIpc) is 3.39. The Labute approximate surface area is 143 Å². The summed E-state index contributed by atoms with van der Waals surface area (Å²) in [6, 6.07) is 10.7. The summed E-state index contributed by atoms with van der Waals surface area (Å²) in [5.74, 6) is 0.0629. The van der Waals surface area contributed by atoms with Crippen LogP contribution >= 0.6 is 0 Å². The van der Waals surface area contributed by atoms with E-state index in [1.54, 1.807) is 0 Å². The van der Waals surface area contributed by atoms with Gasteiger partial charge in [0.15, 0.2) is 0 Å². The van der Waals surface area contributed by atoms with E-state index in [2.05, 4.69) is 22.2 Å². The van der Waals surface area contributed by atoms with Crippen molar-refractivity contribution in [1.82, 2.24) is 14.7 Å². The van der Waals surface area contributed by atoms with Gasteiger partial charge < -0.3 is 10.2 Å². The maximum absolute atomic E-state index is 12.4. The van der Waals surface area contributed by atoms with Crippen molar-refractivity contribution < 1.29 is 4.79 Å². The number of benzene rings is 1. The molecule has 24 heavy (non-hydrogen) atoms. The fourth-order valence-electron chi connectivity index (χ4n) is 3.13. The number of carbonyl (C=O) groups is 1. The summed E-state index contributed by atoms with van der Waals surface area (Å²) in [6.07, 6.45) is 3.08. The first-order valence-corrected chi connectivity index (χ1v) is 8.75. The van der Waals surface area contributed by atoms with Gasteiger partial charge in [-0.1, -0.05) is 25.1 Å². The summed E-state index contributed by atoms with van der Waals surface area (Å²) in [5.41, 5.74) is 3.64. The van der Waals surface area contributed by atoms with E-state index in [9.17, 15) is 4.79 Å². The Kier molecular flexibility index (Phi) is 5.00. The van der Waals surface area contributed by atoms with Gasteiger partial charge in [0.2, 0.25) is 5.91 Å². The Morgan fingerprint density at radius 3 is 2.62 bits per heavy atom. The summed E-state index contributed by atoms with van der Waals surface area (Å²) in [4.78, 5) is 14.7. The van der Waals surface area contributed by atoms with Crippen LogP contribution in [0.25, 0.3) is 5.69 Å². The number of anilines is 1. The quantitative estimate of drug-likeness (QED) is 0.849. The zero-order valence-corrected chi connectivity index (χ0v) is 14.7. The van der Waals surface area contributed by atoms with Crippen molar-refractivity contribution in [2.45, 2.75) is 46.1 Å². The van der Waals surface area contributed by atoms with Gasteiger partial charge in [0.1, 0.15) is 0 Å². The first-order chi connectivity index (χ1) is 11.6. The number of para-hydroxylation sites is 1. The fourth-order valence-corrected chi connectivity index (χ4v) is 3.13. The highest BCUT2D eigenvalue weighted by Crippen LogP contribution is 2.27. The van der Waals surface area contributed by atoms with Crippen LogP contribution < -0.4 is 5.32 Å². The van der Waals surface area contributed by atoms with Crippen molar-refractivity contribution in [1.29, 1.82) is 0 Å². The number of aryl methyl sites for hydroxylation is 1. The van der Waals surface area contributed by atoms with Crippen LogP contribution in [-0.4, -0.2) is 39.7 Å². The van der Waals surface area contributed by atoms with E-state index in [-0.39, 0.29) is 5.91 Å². The second-order valence-corrected chi connectivity index (χ2v) is 6.45. The summed E-state index contributed by atoms with van der Waals surface area (Å²) < 4.78 is 1.88. The third-order valence-corrected chi connectivity index (χ3v) is 4.65. The van der Waals surface area contributed by atoms with Crippen molar-refractivity contribution >= 4 is 11.6 Å². The number of amides is 1. The highest BCUT2D eigenvalue weighted by atomic mass is 16.1. The van der Waals surface area contributed by atoms with Crippen LogP contribution in [0.15, 0.2) is 30.3 Å². The number of rotatable bonds is 7. The van der Waals surface area contributed by atoms with Crippen molar-refractivity contribution in [2.75, 3.05) is 18.4 Å². The molecule has 1 heterocycles. The number of nitrogens with one attached hydrogen (secondary N) is 1. The molecule has 0 bridgehead atoms. The molecule has 1 amide bonds. The topological polar surface area (TPSA) is 50.2 Å². The Morgan fingerprint density at radius 1 is 1.29 bits per heavy atom. The number of nitrogens with zero attached hydrogens (tertiary/aromatic N) is 3. The van der Waals surface area contributed by atoms with Crippen molar-refractivity contribution in [3.8, 4) is 5.69 Å². The smallest absolute Gasteiger partial charge is 0.225 e. The van der Waals surface area contributed by atoms with Gasteiger partial charge in [0.25, 0.3) is 0 Å². The molecule has 1 N–H and O–H groups in total. The summed E-state index contributed by atoms with van der Waals surface area (Å²) in [6.45, 7) is 7.93. The molecule has 3 rings (SSSR count). The van der Waals surface area contributed by atoms with E-state index in [1.165, 1.54) is 12.8 Å². The first kappa shape index (κ1) is 16.7. The molecule has 1 fully saturated rings. The van der Waals surface area contributed by atoms with Crippen molar-refractivity contribution in [2.24, 2.45) is 0 Å². The van der Waals surface area contributed by atoms with Crippen molar-refractivity contribution in [3.05, 3.63) is 41.7 Å². The minimum Gasteiger partial charge on any atom is -0.323 e. The van der Waals surface area contributed by atoms with E-state index in [0.717, 1.165) is 35.9 Å². The molecule has 5 heteroatoms. The number of hydrogen-bond acceptors (Lipinski definition) is 3. The minimum absolute atomic E-state index is 0.0629. The summed E-state index contributed by atoms with van der Waals surface area (Å²) in [7, 11) is 0. The Bertz CT molecular complexity index is 704. The van der Waals surface area contributed by atoms with Crippen LogP contribution in [0.1, 0.15) is 37.6 Å². The van der Waals surface area contributed by atoms with Gasteiger partial charge in [0, 0.05) is 19.0 Å². The molecular weight excluding hydrogens is 300 g/mol. The van der Waals surface area contributed by atoms with E-state index in [0.29, 0.717) is 12.5 Å². The van der Waals surface area contributed by atoms with Crippen LogP contribution in [0.4, 0.5) is 5.69 Å². The molecule has 0 aliphatic heterocycles. The molecule has 0 saturated heterocycles. The molecule has 2 aromatic rings. The molecule has 1 aliphatic carbocycles. The van der Waals surface area contributed by atoms with E-state index < -0.39 is 0 Å². The SMILES string of the molecule is CCN(CCC(=O)Nc1c(C)nn(-c2ccccc2)c1C)C1CC1. The molecule has 1 aromatic carbocycles. The van der Waals surface area contributed by atoms with Crippen LogP contribution in [0.3, 0.4) is 0 Å². The summed E-state index contributed by atoms with van der Waals surface area (Å²) >= 11 is 0. The van der Waals surface area contributed by atoms with Gasteiger partial charge in [-0.2, -0.15) is 5.10 Å². The first-order valence-electron chi connectivity index (χ1n) is 8.75. The second-order valence-electron chi connectivity index (χ2n) is 6.45. The van der Waals surface area contributed by atoms with E-state index in [4.69, 9.17) is 0 Å². The maximum atomic E-state index is 12.4. The van der Waals surface area contributed by atoms with Gasteiger partial charge in [0.05, 0.1) is 22.8 Å². The lowest BCUT2D eigenvalue weighted by Crippen LogP contribution is -2.29. The van der Waals surface area contributed by atoms with Crippen molar-refractivity contribution in [3.63, 3.8) is 0 Å². The molecule has 1 aromatic heterocycles. The minimum atomic E-state index is 0.0629. The monoisotopic (exact) mass is 326 g/mol. The molecular formula is C19H26N4O. The molecule has 0 atom stereocenters. The third-order valence-electron chi connectivity index (χ3n) is 4.65. The van der Waals surface area contributed by atoms with Gasteiger partial charge in [-0.3, -0.25) is 4.79 Å². The van der Waals surface area contributed by atoms with Crippen LogP contribution in [-0.2, 0) is 4.79 Å². The summed E-state index contributed by atoms with van der Waals surface area (Å²) in [5, 5.41) is 7.63. The normalized spacial score (nSPS) is 14.2. The van der Waals surface area contributed by atoms with Gasteiger partial charge >= 0.3 is 0 Å². The Balaban J connectivity index is 1.66. The van der Waals surface area contributed by atoms with E-state index in [1.807, 2.05) is 48.9 Å². The zero-order valence-electron chi connectivity index (χ0n) is 14.7. The predicted molar refractivity (Wildman–Crippen MR) is 96.6 cm³/mol. The van der Waals surface area contributed by atoms with Gasteiger partial charge in [-0.15, -0.1) is 0 Å². The Hall–Kier alpha value is -2.14. The molecule has 5 nitrogen and oxygen atoms in total. The second kappa shape index (κ2) is 7.18. The lowest BCUT2D eigenvalue weighted by molar-refractivity contribution is -0.116. The van der Waals surface area contributed by atoms with E-state index >= 15 is 0 Å².